The summed E-state index contributed by atoms with van der Waals surface area (Å²) in [6, 6.07) is 1.80. The highest BCUT2D eigenvalue weighted by molar-refractivity contribution is 7.03. The Bertz CT molecular complexity index is 349. The molecule has 2 bridgehead atoms. The van der Waals surface area contributed by atoms with Crippen molar-refractivity contribution in [3.8, 4) is 0 Å². The molecule has 3 rings (SSSR count). The van der Waals surface area contributed by atoms with E-state index >= 15 is 0 Å². The molecule has 3 unspecified atom stereocenters. The number of hydrogen-bond donors (Lipinski definition) is 0. The molecule has 3 atom stereocenters. The van der Waals surface area contributed by atoms with E-state index in [4.69, 9.17) is 4.74 Å². The average Bonchev–Trinajstić information content (AvgIpc) is 2.93. The number of fused-ring (bicyclic) bond motifs is 2. The largest absolute Gasteiger partial charge is 0.374 e. The maximum Gasteiger partial charge on any atom is 0.188 e. The van der Waals surface area contributed by atoms with Crippen LogP contribution in [-0.2, 0) is 4.74 Å². The van der Waals surface area contributed by atoms with Gasteiger partial charge in [-0.25, -0.2) is 0 Å². The normalized spacial score (nSPS) is 35.0. The quantitative estimate of drug-likeness (QED) is 0.698. The van der Waals surface area contributed by atoms with Gasteiger partial charge < -0.3 is 4.74 Å². The highest BCUT2D eigenvalue weighted by atomic mass is 32.1. The van der Waals surface area contributed by atoms with E-state index in [2.05, 4.69) is 4.37 Å². The van der Waals surface area contributed by atoms with Gasteiger partial charge in [0, 0.05) is 5.38 Å². The Balaban J connectivity index is 1.81. The van der Waals surface area contributed by atoms with Gasteiger partial charge in [-0.1, -0.05) is 0 Å². The van der Waals surface area contributed by atoms with Gasteiger partial charge in [-0.05, 0) is 36.9 Å². The average molecular weight is 209 g/mol. The van der Waals surface area contributed by atoms with E-state index in [0.29, 0.717) is 11.8 Å². The third-order valence-corrected chi connectivity index (χ3v) is 3.69. The lowest BCUT2D eigenvalue weighted by atomic mass is 9.85. The zero-order chi connectivity index (χ0) is 9.54. The molecule has 2 aliphatic heterocycles. The van der Waals surface area contributed by atoms with Crippen molar-refractivity contribution in [2.75, 3.05) is 0 Å². The molecule has 0 radical (unpaired) electrons. The summed E-state index contributed by atoms with van der Waals surface area (Å²) >= 11 is 1.34. The third-order valence-electron chi connectivity index (χ3n) is 3.13. The van der Waals surface area contributed by atoms with Gasteiger partial charge in [-0.15, -0.1) is 0 Å². The van der Waals surface area contributed by atoms with Crippen LogP contribution in [0.1, 0.15) is 29.8 Å². The molecule has 3 nitrogen and oxygen atoms in total. The molecule has 74 valence electrons. The Morgan fingerprint density at radius 1 is 1.57 bits per heavy atom. The summed E-state index contributed by atoms with van der Waals surface area (Å²) in [4.78, 5) is 12.0. The van der Waals surface area contributed by atoms with Crippen LogP contribution >= 0.6 is 11.5 Å². The second kappa shape index (κ2) is 3.14. The number of ketones is 1. The first kappa shape index (κ1) is 8.56. The van der Waals surface area contributed by atoms with Crippen LogP contribution in [0.4, 0.5) is 0 Å². The first-order valence-electron chi connectivity index (χ1n) is 4.94. The van der Waals surface area contributed by atoms with Crippen molar-refractivity contribution >= 4 is 17.3 Å². The number of rotatable bonds is 2. The lowest BCUT2D eigenvalue weighted by Crippen LogP contribution is -2.25. The molecule has 1 aromatic heterocycles. The molecular weight excluding hydrogens is 198 g/mol. The van der Waals surface area contributed by atoms with Crippen LogP contribution in [0, 0.1) is 5.92 Å². The van der Waals surface area contributed by atoms with E-state index in [1.54, 1.807) is 6.07 Å². The number of nitrogens with zero attached hydrogens (tertiary/aromatic N) is 1. The summed E-state index contributed by atoms with van der Waals surface area (Å²) in [5.74, 6) is 0.259. The highest BCUT2D eigenvalue weighted by Crippen LogP contribution is 2.40. The van der Waals surface area contributed by atoms with Crippen molar-refractivity contribution in [1.82, 2.24) is 4.37 Å². The molecular formula is C10H11NO2S. The smallest absolute Gasteiger partial charge is 0.188 e. The molecule has 0 aromatic carbocycles. The minimum absolute atomic E-state index is 0.0795. The van der Waals surface area contributed by atoms with Crippen LogP contribution in [-0.4, -0.2) is 22.4 Å². The third kappa shape index (κ3) is 1.21. The molecule has 0 spiro atoms. The minimum atomic E-state index is 0.0795. The van der Waals surface area contributed by atoms with E-state index in [9.17, 15) is 4.79 Å². The monoisotopic (exact) mass is 209 g/mol. The molecule has 2 saturated heterocycles. The Morgan fingerprint density at radius 2 is 2.50 bits per heavy atom. The summed E-state index contributed by atoms with van der Waals surface area (Å²) in [7, 11) is 0. The van der Waals surface area contributed by atoms with Crippen molar-refractivity contribution in [2.45, 2.75) is 31.5 Å². The predicted octanol–water partition coefficient (Wildman–Crippen LogP) is 1.89. The van der Waals surface area contributed by atoms with Gasteiger partial charge >= 0.3 is 0 Å². The van der Waals surface area contributed by atoms with Crippen LogP contribution in [0.5, 0.6) is 0 Å². The van der Waals surface area contributed by atoms with E-state index in [1.807, 2.05) is 5.38 Å². The summed E-state index contributed by atoms with van der Waals surface area (Å²) in [5, 5.41) is 1.85. The summed E-state index contributed by atoms with van der Waals surface area (Å²) in [6.07, 6.45) is 3.60. The maximum absolute atomic E-state index is 12.0. The molecule has 14 heavy (non-hydrogen) atoms. The first-order valence-corrected chi connectivity index (χ1v) is 5.78. The van der Waals surface area contributed by atoms with Crippen LogP contribution in [0.15, 0.2) is 11.4 Å². The minimum Gasteiger partial charge on any atom is -0.374 e. The second-order valence-electron chi connectivity index (χ2n) is 3.97. The van der Waals surface area contributed by atoms with Crippen LogP contribution in [0.25, 0.3) is 0 Å². The Hall–Kier alpha value is -0.740. The predicted molar refractivity (Wildman–Crippen MR) is 52.4 cm³/mol. The fraction of sp³-hybridized carbons (Fsp3) is 0.600. The van der Waals surface area contributed by atoms with E-state index < -0.39 is 0 Å². The number of carbonyl (C=O) groups is 1. The van der Waals surface area contributed by atoms with Gasteiger partial charge in [0.15, 0.2) is 5.78 Å². The zero-order valence-electron chi connectivity index (χ0n) is 7.68. The van der Waals surface area contributed by atoms with Gasteiger partial charge in [0.25, 0.3) is 0 Å². The van der Waals surface area contributed by atoms with Gasteiger partial charge in [0.1, 0.15) is 5.69 Å². The molecule has 4 heteroatoms. The topological polar surface area (TPSA) is 39.2 Å². The molecule has 2 fully saturated rings. The van der Waals surface area contributed by atoms with Crippen LogP contribution in [0.2, 0.25) is 0 Å². The van der Waals surface area contributed by atoms with Crippen molar-refractivity contribution in [3.63, 3.8) is 0 Å². The first-order chi connectivity index (χ1) is 6.84. The lowest BCUT2D eigenvalue weighted by molar-refractivity contribution is 0.0740. The van der Waals surface area contributed by atoms with Gasteiger partial charge in [0.05, 0.1) is 18.1 Å². The molecule has 2 aliphatic rings. The lowest BCUT2D eigenvalue weighted by Gasteiger charge is -2.15. The number of aromatic nitrogens is 1. The Kier molecular flexibility index (Phi) is 1.92. The number of carbonyl (C=O) groups excluding carboxylic acids is 1. The summed E-state index contributed by atoms with van der Waals surface area (Å²) in [6.45, 7) is 0. The van der Waals surface area contributed by atoms with Crippen molar-refractivity contribution < 1.29 is 9.53 Å². The number of hydrogen-bond acceptors (Lipinski definition) is 4. The molecule has 0 saturated carbocycles. The van der Waals surface area contributed by atoms with E-state index in [-0.39, 0.29) is 17.8 Å². The van der Waals surface area contributed by atoms with Gasteiger partial charge in [0.2, 0.25) is 0 Å². The van der Waals surface area contributed by atoms with Crippen LogP contribution in [0.3, 0.4) is 0 Å². The number of Topliss-reactive ketones (excluding diaryl/α,β-unsaturated/α-hetero) is 1. The Morgan fingerprint density at radius 3 is 3.07 bits per heavy atom. The fourth-order valence-corrected chi connectivity index (χ4v) is 2.96. The van der Waals surface area contributed by atoms with Crippen molar-refractivity contribution in [3.05, 3.63) is 17.1 Å². The fourth-order valence-electron chi connectivity index (χ4n) is 2.44. The Labute approximate surface area is 86.3 Å². The molecule has 0 aliphatic carbocycles. The standard InChI is InChI=1S/C10H11NO2S/c12-10(8-3-4-14-11-8)7-5-6-1-2-9(7)13-6/h3-4,6-7,9H,1-2,5H2. The van der Waals surface area contributed by atoms with Crippen molar-refractivity contribution in [2.24, 2.45) is 5.92 Å². The molecule has 0 N–H and O–H groups in total. The second-order valence-corrected chi connectivity index (χ2v) is 4.63. The van der Waals surface area contributed by atoms with Crippen molar-refractivity contribution in [1.29, 1.82) is 0 Å². The number of ether oxygens (including phenoxy) is 1. The summed E-state index contributed by atoms with van der Waals surface area (Å²) in [5.41, 5.74) is 0.621. The molecule has 3 heterocycles. The SMILES string of the molecule is O=C(c1ccsn1)C1CC2CCC1O2. The summed E-state index contributed by atoms with van der Waals surface area (Å²) < 4.78 is 9.74. The van der Waals surface area contributed by atoms with Crippen LogP contribution < -0.4 is 0 Å². The van der Waals surface area contributed by atoms with Gasteiger partial charge in [-0.3, -0.25) is 4.79 Å². The van der Waals surface area contributed by atoms with E-state index in [0.717, 1.165) is 19.3 Å². The zero-order valence-corrected chi connectivity index (χ0v) is 8.50. The van der Waals surface area contributed by atoms with Gasteiger partial charge in [-0.2, -0.15) is 4.37 Å². The van der Waals surface area contributed by atoms with E-state index in [1.165, 1.54) is 11.5 Å². The highest BCUT2D eigenvalue weighted by Gasteiger charge is 2.44. The molecule has 0 amide bonds. The molecule has 1 aromatic rings. The maximum atomic E-state index is 12.0.